The highest BCUT2D eigenvalue weighted by atomic mass is 35.5. The number of aromatic carboxylic acids is 1. The second-order valence-corrected chi connectivity index (χ2v) is 8.93. The first-order chi connectivity index (χ1) is 10.7. The van der Waals surface area contributed by atoms with Gasteiger partial charge in [0.25, 0.3) is 0 Å². The average Bonchev–Trinajstić information content (AvgIpc) is 2.46. The molecule has 2 rings (SSSR count). The summed E-state index contributed by atoms with van der Waals surface area (Å²) in [6.07, 6.45) is 4.84. The minimum atomic E-state index is -3.08. The first-order valence-corrected chi connectivity index (χ1v) is 9.94. The number of nitrogens with zero attached hydrogens (tertiary/aromatic N) is 1. The predicted molar refractivity (Wildman–Crippen MR) is 90.8 cm³/mol. The number of carboxylic acids is 1. The van der Waals surface area contributed by atoms with E-state index in [-0.39, 0.29) is 21.9 Å². The van der Waals surface area contributed by atoms with Crippen LogP contribution >= 0.6 is 11.6 Å². The fourth-order valence-electron chi connectivity index (χ4n) is 3.32. The van der Waals surface area contributed by atoms with Crippen molar-refractivity contribution in [3.05, 3.63) is 34.3 Å². The third kappa shape index (κ3) is 4.46. The van der Waals surface area contributed by atoms with Gasteiger partial charge in [0, 0.05) is 18.8 Å². The smallest absolute Gasteiger partial charge is 0.337 e. The number of carboxylic acid groups (broad SMARTS) is 1. The van der Waals surface area contributed by atoms with Crippen molar-refractivity contribution in [2.45, 2.75) is 43.5 Å². The number of hydrogen-bond acceptors (Lipinski definition) is 4. The Bertz CT molecular complexity index is 689. The highest BCUT2D eigenvalue weighted by Gasteiger charge is 2.35. The molecule has 23 heavy (non-hydrogen) atoms. The summed E-state index contributed by atoms with van der Waals surface area (Å²) in [4.78, 5) is 13.0. The van der Waals surface area contributed by atoms with E-state index < -0.39 is 15.8 Å². The summed E-state index contributed by atoms with van der Waals surface area (Å²) in [7, 11) is -1.17. The lowest BCUT2D eigenvalue weighted by Gasteiger charge is -2.37. The van der Waals surface area contributed by atoms with Crippen LogP contribution in [0, 0.1) is 0 Å². The van der Waals surface area contributed by atoms with Gasteiger partial charge in [0.05, 0.1) is 15.8 Å². The van der Waals surface area contributed by atoms with Crippen LogP contribution in [0.4, 0.5) is 0 Å². The summed E-state index contributed by atoms with van der Waals surface area (Å²) in [5.41, 5.74) is 0.949. The lowest BCUT2D eigenvalue weighted by Crippen LogP contribution is -2.46. The van der Waals surface area contributed by atoms with Gasteiger partial charge in [0.2, 0.25) is 0 Å². The Morgan fingerprint density at radius 1 is 1.35 bits per heavy atom. The van der Waals surface area contributed by atoms with Gasteiger partial charge >= 0.3 is 5.97 Å². The lowest BCUT2D eigenvalue weighted by atomic mass is 9.93. The topological polar surface area (TPSA) is 74.7 Å². The van der Waals surface area contributed by atoms with Gasteiger partial charge in [-0.3, -0.25) is 4.90 Å². The summed E-state index contributed by atoms with van der Waals surface area (Å²) >= 11 is 6.00. The van der Waals surface area contributed by atoms with Crippen LogP contribution < -0.4 is 0 Å². The molecule has 128 valence electrons. The highest BCUT2D eigenvalue weighted by Crippen LogP contribution is 2.28. The van der Waals surface area contributed by atoms with Crippen molar-refractivity contribution in [3.63, 3.8) is 0 Å². The normalized spacial score (nSPS) is 22.3. The SMILES string of the molecule is CN(Cc1ccc(C(=O)O)c(Cl)c1)C1CCCCC1S(C)(=O)=O. The minimum absolute atomic E-state index is 0.0170. The molecule has 2 unspecified atom stereocenters. The molecule has 0 bridgehead atoms. The second-order valence-electron chi connectivity index (χ2n) is 6.25. The Balaban J connectivity index is 2.15. The fraction of sp³-hybridized carbons (Fsp3) is 0.562. The zero-order valence-electron chi connectivity index (χ0n) is 13.3. The van der Waals surface area contributed by atoms with Crippen LogP contribution in [-0.2, 0) is 16.4 Å². The van der Waals surface area contributed by atoms with Crippen molar-refractivity contribution in [1.82, 2.24) is 4.90 Å². The van der Waals surface area contributed by atoms with Crippen molar-refractivity contribution in [2.24, 2.45) is 0 Å². The van der Waals surface area contributed by atoms with E-state index in [0.29, 0.717) is 13.0 Å². The number of halogens is 1. The molecule has 1 N–H and O–H groups in total. The Hall–Kier alpha value is -1.11. The van der Waals surface area contributed by atoms with E-state index in [1.165, 1.54) is 12.3 Å². The van der Waals surface area contributed by atoms with Gasteiger partial charge in [-0.15, -0.1) is 0 Å². The lowest BCUT2D eigenvalue weighted by molar-refractivity contribution is 0.0697. The van der Waals surface area contributed by atoms with Crippen molar-refractivity contribution in [2.75, 3.05) is 13.3 Å². The molecule has 0 amide bonds. The molecule has 1 fully saturated rings. The third-order valence-electron chi connectivity index (χ3n) is 4.48. The minimum Gasteiger partial charge on any atom is -0.478 e. The Morgan fingerprint density at radius 3 is 2.57 bits per heavy atom. The summed E-state index contributed by atoms with van der Waals surface area (Å²) < 4.78 is 24.0. The molecule has 2 atom stereocenters. The molecule has 0 spiro atoms. The van der Waals surface area contributed by atoms with E-state index in [4.69, 9.17) is 16.7 Å². The standard InChI is InChI=1S/C16H22ClNO4S/c1-18(14-5-3-4-6-15(14)23(2,21)22)10-11-7-8-12(16(19)20)13(17)9-11/h7-9,14-15H,3-6,10H2,1-2H3,(H,19,20). The maximum Gasteiger partial charge on any atom is 0.337 e. The zero-order chi connectivity index (χ0) is 17.2. The fourth-order valence-corrected chi connectivity index (χ4v) is 5.11. The van der Waals surface area contributed by atoms with Crippen LogP contribution in [0.2, 0.25) is 5.02 Å². The highest BCUT2D eigenvalue weighted by molar-refractivity contribution is 7.91. The van der Waals surface area contributed by atoms with Crippen molar-refractivity contribution in [3.8, 4) is 0 Å². The van der Waals surface area contributed by atoms with E-state index >= 15 is 0 Å². The van der Waals surface area contributed by atoms with Gasteiger partial charge in [0.1, 0.15) is 0 Å². The first-order valence-electron chi connectivity index (χ1n) is 7.61. The van der Waals surface area contributed by atoms with E-state index in [2.05, 4.69) is 0 Å². The number of rotatable bonds is 5. The van der Waals surface area contributed by atoms with Gasteiger partial charge in [-0.05, 0) is 37.6 Å². The van der Waals surface area contributed by atoms with Gasteiger partial charge in [-0.25, -0.2) is 13.2 Å². The number of sulfone groups is 1. The monoisotopic (exact) mass is 359 g/mol. The summed E-state index contributed by atoms with van der Waals surface area (Å²) in [6.45, 7) is 0.538. The number of hydrogen-bond donors (Lipinski definition) is 1. The molecule has 1 aliphatic carbocycles. The molecule has 0 radical (unpaired) electrons. The van der Waals surface area contributed by atoms with Crippen LogP contribution in [0.3, 0.4) is 0 Å². The molecule has 1 aromatic carbocycles. The van der Waals surface area contributed by atoms with Gasteiger partial charge in [-0.1, -0.05) is 30.5 Å². The van der Waals surface area contributed by atoms with Crippen molar-refractivity contribution in [1.29, 1.82) is 0 Å². The maximum absolute atomic E-state index is 12.0. The molecule has 0 saturated heterocycles. The Labute approximate surface area is 142 Å². The van der Waals surface area contributed by atoms with Gasteiger partial charge < -0.3 is 5.11 Å². The quantitative estimate of drug-likeness (QED) is 0.874. The molecule has 1 aromatic rings. The largest absolute Gasteiger partial charge is 0.478 e. The third-order valence-corrected chi connectivity index (χ3v) is 6.44. The molecule has 1 saturated carbocycles. The van der Waals surface area contributed by atoms with E-state index in [1.54, 1.807) is 12.1 Å². The second kappa shape index (κ2) is 7.20. The number of benzene rings is 1. The van der Waals surface area contributed by atoms with Crippen LogP contribution in [-0.4, -0.2) is 49.0 Å². The van der Waals surface area contributed by atoms with E-state index in [1.807, 2.05) is 11.9 Å². The summed E-state index contributed by atoms with van der Waals surface area (Å²) in [5.74, 6) is -1.06. The average molecular weight is 360 g/mol. The van der Waals surface area contributed by atoms with Gasteiger partial charge in [-0.2, -0.15) is 0 Å². The Kier molecular flexibility index (Phi) is 5.70. The van der Waals surface area contributed by atoms with E-state index in [0.717, 1.165) is 24.8 Å². The predicted octanol–water partition coefficient (Wildman–Crippen LogP) is 2.83. The zero-order valence-corrected chi connectivity index (χ0v) is 14.9. The molecular weight excluding hydrogens is 338 g/mol. The van der Waals surface area contributed by atoms with Crippen LogP contribution in [0.15, 0.2) is 18.2 Å². The molecular formula is C16H22ClNO4S. The van der Waals surface area contributed by atoms with Crippen molar-refractivity contribution < 1.29 is 18.3 Å². The van der Waals surface area contributed by atoms with Crippen LogP contribution in [0.25, 0.3) is 0 Å². The summed E-state index contributed by atoms with van der Waals surface area (Å²) in [6, 6.07) is 4.84. The molecule has 0 aliphatic heterocycles. The molecule has 0 aromatic heterocycles. The van der Waals surface area contributed by atoms with Gasteiger partial charge in [0.15, 0.2) is 9.84 Å². The maximum atomic E-state index is 12.0. The van der Waals surface area contributed by atoms with E-state index in [9.17, 15) is 13.2 Å². The van der Waals surface area contributed by atoms with Crippen molar-refractivity contribution >= 4 is 27.4 Å². The molecule has 0 heterocycles. The number of carbonyl (C=O) groups is 1. The Morgan fingerprint density at radius 2 is 2.00 bits per heavy atom. The molecule has 5 nitrogen and oxygen atoms in total. The molecule has 7 heteroatoms. The van der Waals surface area contributed by atoms with Crippen LogP contribution in [0.5, 0.6) is 0 Å². The first kappa shape index (κ1) is 18.2. The van der Waals surface area contributed by atoms with Crippen LogP contribution in [0.1, 0.15) is 41.6 Å². The summed E-state index contributed by atoms with van der Waals surface area (Å²) in [5, 5.41) is 8.87. The molecule has 1 aliphatic rings.